The minimum absolute atomic E-state index is 0.163. The third-order valence-electron chi connectivity index (χ3n) is 7.19. The summed E-state index contributed by atoms with van der Waals surface area (Å²) in [6.45, 7) is 8.19. The smallest absolute Gasteiger partial charge is 0.228 e. The Bertz CT molecular complexity index is 1290. The second-order valence-electron chi connectivity index (χ2n) is 9.62. The Morgan fingerprint density at radius 2 is 1.77 bits per heavy atom. The lowest BCUT2D eigenvalue weighted by molar-refractivity contribution is 0.249. The molecule has 35 heavy (non-hydrogen) atoms. The highest BCUT2D eigenvalue weighted by atomic mass is 19.1. The Hall–Kier alpha value is -3.46. The molecule has 0 unspecified atom stereocenters. The predicted octanol–water partition coefficient (Wildman–Crippen LogP) is 4.08. The molecule has 5 heterocycles. The van der Waals surface area contributed by atoms with Crippen molar-refractivity contribution in [3.05, 3.63) is 60.2 Å². The average Bonchev–Trinajstić information content (AvgIpc) is 3.57. The number of para-hydroxylation sites is 1. The Labute approximate surface area is 204 Å². The van der Waals surface area contributed by atoms with E-state index in [1.54, 1.807) is 12.3 Å². The number of nitrogens with zero attached hydrogens (tertiary/aromatic N) is 7. The number of rotatable bonds is 5. The van der Waals surface area contributed by atoms with Crippen LogP contribution in [0.3, 0.4) is 0 Å². The summed E-state index contributed by atoms with van der Waals surface area (Å²) in [6, 6.07) is 10.7. The van der Waals surface area contributed by atoms with Crippen molar-refractivity contribution in [2.75, 3.05) is 49.1 Å². The van der Waals surface area contributed by atoms with Crippen LogP contribution in [0.15, 0.2) is 53.3 Å². The number of fused-ring (bicyclic) bond motifs is 1. The fourth-order valence-corrected chi connectivity index (χ4v) is 5.05. The first kappa shape index (κ1) is 22.0. The second-order valence-corrected chi connectivity index (χ2v) is 9.62. The van der Waals surface area contributed by atoms with Crippen LogP contribution in [-0.2, 0) is 6.54 Å². The number of hydrogen-bond acceptors (Lipinski definition) is 7. The first-order valence-corrected chi connectivity index (χ1v) is 12.4. The molecule has 0 spiro atoms. The van der Waals surface area contributed by atoms with E-state index in [-0.39, 0.29) is 5.82 Å². The van der Waals surface area contributed by atoms with Crippen molar-refractivity contribution in [2.24, 2.45) is 5.92 Å². The lowest BCUT2D eigenvalue weighted by Gasteiger charge is -2.36. The van der Waals surface area contributed by atoms with E-state index in [0.717, 1.165) is 81.7 Å². The van der Waals surface area contributed by atoms with E-state index in [4.69, 9.17) is 19.5 Å². The highest BCUT2D eigenvalue weighted by molar-refractivity contribution is 5.58. The van der Waals surface area contributed by atoms with Crippen molar-refractivity contribution in [1.29, 1.82) is 0 Å². The number of piperazine rings is 1. The van der Waals surface area contributed by atoms with Crippen molar-refractivity contribution in [3.63, 3.8) is 0 Å². The molecule has 2 aliphatic rings. The fourth-order valence-electron chi connectivity index (χ4n) is 5.05. The van der Waals surface area contributed by atoms with Crippen LogP contribution in [0.25, 0.3) is 17.2 Å². The highest BCUT2D eigenvalue weighted by Crippen LogP contribution is 2.27. The summed E-state index contributed by atoms with van der Waals surface area (Å²) >= 11 is 0. The number of hydrogen-bond donors (Lipinski definition) is 0. The topological polar surface area (TPSA) is 65.9 Å². The summed E-state index contributed by atoms with van der Waals surface area (Å²) in [4.78, 5) is 16.5. The van der Waals surface area contributed by atoms with Crippen LogP contribution in [0.4, 0.5) is 16.0 Å². The molecule has 1 aromatic carbocycles. The molecule has 2 fully saturated rings. The van der Waals surface area contributed by atoms with Gasteiger partial charge in [0, 0.05) is 57.6 Å². The molecule has 0 saturated carbocycles. The highest BCUT2D eigenvalue weighted by Gasteiger charge is 2.25. The molecule has 8 nitrogen and oxygen atoms in total. The fraction of sp³-hybridized carbons (Fsp3) is 0.423. The number of halogens is 1. The van der Waals surface area contributed by atoms with Crippen LogP contribution in [0.1, 0.15) is 25.3 Å². The van der Waals surface area contributed by atoms with Crippen LogP contribution in [0.5, 0.6) is 0 Å². The van der Waals surface area contributed by atoms with Gasteiger partial charge in [0.2, 0.25) is 11.8 Å². The maximum absolute atomic E-state index is 14.2. The molecule has 182 valence electrons. The van der Waals surface area contributed by atoms with Crippen LogP contribution in [-0.4, -0.2) is 63.8 Å². The maximum atomic E-state index is 14.2. The van der Waals surface area contributed by atoms with Gasteiger partial charge in [-0.25, -0.2) is 14.4 Å². The van der Waals surface area contributed by atoms with Gasteiger partial charge < -0.3 is 14.2 Å². The van der Waals surface area contributed by atoms with Gasteiger partial charge in [-0.1, -0.05) is 19.1 Å². The third kappa shape index (κ3) is 4.36. The third-order valence-corrected chi connectivity index (χ3v) is 7.19. The zero-order chi connectivity index (χ0) is 23.8. The Kier molecular flexibility index (Phi) is 5.85. The van der Waals surface area contributed by atoms with Gasteiger partial charge in [0.05, 0.1) is 12.0 Å². The molecular formula is C26H30FN7O. The second kappa shape index (κ2) is 9.30. The summed E-state index contributed by atoms with van der Waals surface area (Å²) < 4.78 is 21.7. The van der Waals surface area contributed by atoms with Gasteiger partial charge in [-0.15, -0.1) is 5.10 Å². The van der Waals surface area contributed by atoms with Gasteiger partial charge in [-0.2, -0.15) is 4.52 Å². The molecule has 3 aromatic heterocycles. The van der Waals surface area contributed by atoms with Crippen molar-refractivity contribution < 1.29 is 8.81 Å². The Balaban J connectivity index is 1.26. The molecule has 2 saturated heterocycles. The molecule has 0 atom stereocenters. The number of anilines is 2. The van der Waals surface area contributed by atoms with Crippen LogP contribution in [0.2, 0.25) is 0 Å². The standard InChI is InChI=1S/C26H30FN7O/c1-19-8-10-33(11-9-19)26-28-17-20(25-29-24(30-34(25)26)23-7-4-16-35-23)18-31-12-14-32(15-13-31)22-6-3-2-5-21(22)27/h2-7,16-17,19H,8-15,18H2,1H3. The number of aromatic nitrogens is 4. The van der Waals surface area contributed by atoms with Gasteiger partial charge in [-0.3, -0.25) is 4.90 Å². The molecule has 0 radical (unpaired) electrons. The van der Waals surface area contributed by atoms with E-state index < -0.39 is 0 Å². The van der Waals surface area contributed by atoms with Gasteiger partial charge in [0.15, 0.2) is 11.4 Å². The van der Waals surface area contributed by atoms with Crippen molar-refractivity contribution >= 4 is 17.3 Å². The predicted molar refractivity (Wildman–Crippen MR) is 133 cm³/mol. The van der Waals surface area contributed by atoms with E-state index in [1.807, 2.05) is 35.0 Å². The lowest BCUT2D eigenvalue weighted by Crippen LogP contribution is -2.46. The molecule has 9 heteroatoms. The van der Waals surface area contributed by atoms with Crippen molar-refractivity contribution in [2.45, 2.75) is 26.3 Å². The largest absolute Gasteiger partial charge is 0.461 e. The summed E-state index contributed by atoms with van der Waals surface area (Å²) in [5.41, 5.74) is 2.53. The molecule has 6 rings (SSSR count). The summed E-state index contributed by atoms with van der Waals surface area (Å²) in [6.07, 6.45) is 5.89. The molecule has 0 aliphatic carbocycles. The first-order chi connectivity index (χ1) is 17.2. The summed E-state index contributed by atoms with van der Waals surface area (Å²) in [5.74, 6) is 2.63. The number of furan rings is 1. The minimum Gasteiger partial charge on any atom is -0.461 e. The Morgan fingerprint density at radius 3 is 2.51 bits per heavy atom. The monoisotopic (exact) mass is 475 g/mol. The number of benzene rings is 1. The molecule has 4 aromatic rings. The first-order valence-electron chi connectivity index (χ1n) is 12.4. The molecule has 0 N–H and O–H groups in total. The zero-order valence-corrected chi connectivity index (χ0v) is 20.0. The van der Waals surface area contributed by atoms with Gasteiger partial charge in [0.25, 0.3) is 0 Å². The summed E-state index contributed by atoms with van der Waals surface area (Å²) in [5, 5.41) is 4.80. The van der Waals surface area contributed by atoms with Crippen molar-refractivity contribution in [1.82, 2.24) is 24.5 Å². The van der Waals surface area contributed by atoms with Gasteiger partial charge in [-0.05, 0) is 43.0 Å². The maximum Gasteiger partial charge on any atom is 0.228 e. The van der Waals surface area contributed by atoms with Crippen LogP contribution < -0.4 is 9.80 Å². The van der Waals surface area contributed by atoms with E-state index in [1.165, 1.54) is 6.07 Å². The van der Waals surface area contributed by atoms with E-state index in [2.05, 4.69) is 21.6 Å². The molecule has 0 bridgehead atoms. The van der Waals surface area contributed by atoms with E-state index in [9.17, 15) is 4.39 Å². The number of piperidine rings is 1. The van der Waals surface area contributed by atoms with Crippen molar-refractivity contribution in [3.8, 4) is 11.6 Å². The minimum atomic E-state index is -0.163. The van der Waals surface area contributed by atoms with Crippen LogP contribution >= 0.6 is 0 Å². The lowest BCUT2D eigenvalue weighted by atomic mass is 10.00. The average molecular weight is 476 g/mol. The molecule has 2 aliphatic heterocycles. The molecular weight excluding hydrogens is 445 g/mol. The van der Waals surface area contributed by atoms with Crippen LogP contribution in [0, 0.1) is 11.7 Å². The van der Waals surface area contributed by atoms with Gasteiger partial charge in [0.1, 0.15) is 5.82 Å². The van der Waals surface area contributed by atoms with Gasteiger partial charge >= 0.3 is 0 Å². The van der Waals surface area contributed by atoms with E-state index in [0.29, 0.717) is 17.3 Å². The SMILES string of the molecule is CC1CCN(c2ncc(CN3CCN(c4ccccc4F)CC3)c3nc(-c4ccco4)nn23)CC1. The normalized spacial score (nSPS) is 18.0. The zero-order valence-electron chi connectivity index (χ0n) is 20.0. The summed E-state index contributed by atoms with van der Waals surface area (Å²) in [7, 11) is 0. The van der Waals surface area contributed by atoms with E-state index >= 15 is 0 Å². The molecule has 0 amide bonds. The Morgan fingerprint density at radius 1 is 0.971 bits per heavy atom. The quantitative estimate of drug-likeness (QED) is 0.431.